The molecule has 0 fully saturated rings. The minimum atomic E-state index is 0.807. The van der Waals surface area contributed by atoms with Gasteiger partial charge in [-0.25, -0.2) is 9.97 Å². The summed E-state index contributed by atoms with van der Waals surface area (Å²) in [6, 6.07) is 0. The van der Waals surface area contributed by atoms with Gasteiger partial charge in [0.1, 0.15) is 5.82 Å². The molecule has 64 valence electrons. The number of fused-ring (bicyclic) bond motifs is 1. The van der Waals surface area contributed by atoms with Crippen LogP contribution in [0.1, 0.15) is 24.9 Å². The first-order valence-electron chi connectivity index (χ1n) is 4.37. The Kier molecular flexibility index (Phi) is 1.94. The Bertz CT molecular complexity index is 286. The lowest BCUT2D eigenvalue weighted by molar-refractivity contribution is 0.282. The first-order chi connectivity index (χ1) is 5.90. The standard InChI is InChI=1S/C9H12N2O/c1-2-9-10-6-8-7(11-9)4-3-5-12-8/h6H,2-5H2,1H3. The van der Waals surface area contributed by atoms with E-state index >= 15 is 0 Å². The summed E-state index contributed by atoms with van der Waals surface area (Å²) in [6.45, 7) is 2.87. The molecular formula is C9H12N2O. The Hall–Kier alpha value is -1.12. The molecule has 0 unspecified atom stereocenters. The van der Waals surface area contributed by atoms with E-state index in [9.17, 15) is 0 Å². The van der Waals surface area contributed by atoms with Gasteiger partial charge < -0.3 is 4.74 Å². The van der Waals surface area contributed by atoms with Crippen LogP contribution in [0.5, 0.6) is 5.75 Å². The molecule has 0 bridgehead atoms. The Morgan fingerprint density at radius 2 is 2.50 bits per heavy atom. The third kappa shape index (κ3) is 1.26. The van der Waals surface area contributed by atoms with Crippen molar-refractivity contribution < 1.29 is 4.74 Å². The van der Waals surface area contributed by atoms with Crippen molar-refractivity contribution in [2.24, 2.45) is 0 Å². The summed E-state index contributed by atoms with van der Waals surface area (Å²) in [6.07, 6.45) is 4.80. The number of aryl methyl sites for hydroxylation is 2. The fourth-order valence-corrected chi connectivity index (χ4v) is 1.34. The smallest absolute Gasteiger partial charge is 0.159 e. The van der Waals surface area contributed by atoms with Crippen LogP contribution in [0.3, 0.4) is 0 Å². The van der Waals surface area contributed by atoms with Crippen molar-refractivity contribution in [2.75, 3.05) is 6.61 Å². The second kappa shape index (κ2) is 3.09. The molecule has 1 aromatic heterocycles. The summed E-state index contributed by atoms with van der Waals surface area (Å²) in [7, 11) is 0. The number of rotatable bonds is 1. The Labute approximate surface area is 71.8 Å². The molecule has 3 heteroatoms. The summed E-state index contributed by atoms with van der Waals surface area (Å²) in [5.74, 6) is 1.79. The highest BCUT2D eigenvalue weighted by Crippen LogP contribution is 2.21. The van der Waals surface area contributed by atoms with E-state index in [1.807, 2.05) is 0 Å². The number of hydrogen-bond donors (Lipinski definition) is 0. The van der Waals surface area contributed by atoms with E-state index in [0.717, 1.165) is 43.1 Å². The van der Waals surface area contributed by atoms with Gasteiger partial charge in [0.2, 0.25) is 0 Å². The van der Waals surface area contributed by atoms with Gasteiger partial charge in [0.05, 0.1) is 18.5 Å². The van der Waals surface area contributed by atoms with E-state index in [2.05, 4.69) is 16.9 Å². The Balaban J connectivity index is 2.36. The molecule has 1 aliphatic rings. The lowest BCUT2D eigenvalue weighted by Gasteiger charge is -2.15. The third-order valence-corrected chi connectivity index (χ3v) is 2.01. The highest BCUT2D eigenvalue weighted by atomic mass is 16.5. The van der Waals surface area contributed by atoms with Crippen LogP contribution in [0.2, 0.25) is 0 Å². The molecule has 0 radical (unpaired) electrons. The van der Waals surface area contributed by atoms with Gasteiger partial charge in [-0.3, -0.25) is 0 Å². The zero-order valence-corrected chi connectivity index (χ0v) is 7.21. The molecule has 0 spiro atoms. The van der Waals surface area contributed by atoms with Crippen molar-refractivity contribution in [1.29, 1.82) is 0 Å². The van der Waals surface area contributed by atoms with Crippen LogP contribution in [0.4, 0.5) is 0 Å². The highest BCUT2D eigenvalue weighted by Gasteiger charge is 2.11. The molecule has 3 nitrogen and oxygen atoms in total. The fraction of sp³-hybridized carbons (Fsp3) is 0.556. The number of aromatic nitrogens is 2. The topological polar surface area (TPSA) is 35.0 Å². The van der Waals surface area contributed by atoms with Crippen LogP contribution in [0.15, 0.2) is 6.20 Å². The second-order valence-corrected chi connectivity index (χ2v) is 2.90. The van der Waals surface area contributed by atoms with Crippen molar-refractivity contribution in [1.82, 2.24) is 9.97 Å². The van der Waals surface area contributed by atoms with Crippen molar-refractivity contribution in [2.45, 2.75) is 26.2 Å². The van der Waals surface area contributed by atoms with Crippen molar-refractivity contribution in [3.8, 4) is 5.75 Å². The molecule has 0 aromatic carbocycles. The average Bonchev–Trinajstić information content (AvgIpc) is 2.17. The maximum absolute atomic E-state index is 5.40. The van der Waals surface area contributed by atoms with Gasteiger partial charge in [-0.05, 0) is 12.8 Å². The molecule has 0 saturated heterocycles. The monoisotopic (exact) mass is 164 g/mol. The summed E-state index contributed by atoms with van der Waals surface area (Å²) in [5.41, 5.74) is 1.08. The largest absolute Gasteiger partial charge is 0.490 e. The van der Waals surface area contributed by atoms with E-state index in [4.69, 9.17) is 4.74 Å². The minimum absolute atomic E-state index is 0.807. The van der Waals surface area contributed by atoms with Gasteiger partial charge in [-0.1, -0.05) is 6.92 Å². The van der Waals surface area contributed by atoms with Gasteiger partial charge in [0.15, 0.2) is 5.75 Å². The van der Waals surface area contributed by atoms with E-state index in [0.29, 0.717) is 0 Å². The number of nitrogens with zero attached hydrogens (tertiary/aromatic N) is 2. The zero-order chi connectivity index (χ0) is 8.39. The van der Waals surface area contributed by atoms with Gasteiger partial charge in [-0.2, -0.15) is 0 Å². The summed E-state index contributed by atoms with van der Waals surface area (Å²) >= 11 is 0. The first kappa shape index (κ1) is 7.53. The number of hydrogen-bond acceptors (Lipinski definition) is 3. The Morgan fingerprint density at radius 1 is 1.58 bits per heavy atom. The van der Waals surface area contributed by atoms with E-state index in [-0.39, 0.29) is 0 Å². The second-order valence-electron chi connectivity index (χ2n) is 2.90. The lowest BCUT2D eigenvalue weighted by atomic mass is 10.2. The predicted octanol–water partition coefficient (Wildman–Crippen LogP) is 1.36. The van der Waals surface area contributed by atoms with Crippen LogP contribution in [0, 0.1) is 0 Å². The van der Waals surface area contributed by atoms with Gasteiger partial charge >= 0.3 is 0 Å². The van der Waals surface area contributed by atoms with E-state index in [1.165, 1.54) is 0 Å². The fourth-order valence-electron chi connectivity index (χ4n) is 1.34. The maximum Gasteiger partial charge on any atom is 0.159 e. The van der Waals surface area contributed by atoms with Crippen molar-refractivity contribution in [3.63, 3.8) is 0 Å². The molecular weight excluding hydrogens is 152 g/mol. The molecule has 0 N–H and O–H groups in total. The van der Waals surface area contributed by atoms with Crippen LogP contribution in [-0.2, 0) is 12.8 Å². The molecule has 0 aliphatic carbocycles. The molecule has 0 saturated carbocycles. The highest BCUT2D eigenvalue weighted by molar-refractivity contribution is 5.26. The quantitative estimate of drug-likeness (QED) is 0.628. The van der Waals surface area contributed by atoms with E-state index in [1.54, 1.807) is 6.20 Å². The molecule has 1 aromatic rings. The van der Waals surface area contributed by atoms with Gasteiger partial charge in [0.25, 0.3) is 0 Å². The van der Waals surface area contributed by atoms with Gasteiger partial charge in [-0.15, -0.1) is 0 Å². The van der Waals surface area contributed by atoms with E-state index < -0.39 is 0 Å². The molecule has 12 heavy (non-hydrogen) atoms. The zero-order valence-electron chi connectivity index (χ0n) is 7.21. The lowest BCUT2D eigenvalue weighted by Crippen LogP contribution is -2.11. The first-order valence-corrected chi connectivity index (χ1v) is 4.37. The molecule has 0 atom stereocenters. The van der Waals surface area contributed by atoms with Crippen LogP contribution in [0.25, 0.3) is 0 Å². The minimum Gasteiger partial charge on any atom is -0.490 e. The van der Waals surface area contributed by atoms with Crippen LogP contribution < -0.4 is 4.74 Å². The summed E-state index contributed by atoms with van der Waals surface area (Å²) < 4.78 is 5.40. The maximum atomic E-state index is 5.40. The number of ether oxygens (including phenoxy) is 1. The predicted molar refractivity (Wildman–Crippen MR) is 45.2 cm³/mol. The molecule has 2 heterocycles. The Morgan fingerprint density at radius 3 is 3.33 bits per heavy atom. The van der Waals surface area contributed by atoms with Crippen LogP contribution >= 0.6 is 0 Å². The summed E-state index contributed by atoms with van der Waals surface area (Å²) in [5, 5.41) is 0. The normalized spacial score (nSPS) is 15.1. The van der Waals surface area contributed by atoms with Crippen molar-refractivity contribution >= 4 is 0 Å². The SMILES string of the molecule is CCc1ncc2c(n1)CCCO2. The average molecular weight is 164 g/mol. The molecule has 1 aliphatic heterocycles. The van der Waals surface area contributed by atoms with Crippen molar-refractivity contribution in [3.05, 3.63) is 17.7 Å². The third-order valence-electron chi connectivity index (χ3n) is 2.01. The molecule has 2 rings (SSSR count). The van der Waals surface area contributed by atoms with Crippen LogP contribution in [-0.4, -0.2) is 16.6 Å². The molecule has 0 amide bonds. The van der Waals surface area contributed by atoms with Gasteiger partial charge in [0, 0.05) is 6.42 Å². The summed E-state index contributed by atoms with van der Waals surface area (Å²) in [4.78, 5) is 8.57.